The number of alkyl halides is 1. The second-order valence-corrected chi connectivity index (χ2v) is 6.23. The molecule has 0 aromatic heterocycles. The zero-order valence-corrected chi connectivity index (χ0v) is 13.5. The Morgan fingerprint density at radius 1 is 1.61 bits per heavy atom. The molecule has 0 aliphatic carbocycles. The van der Waals surface area contributed by atoms with Crippen molar-refractivity contribution in [3.8, 4) is 0 Å². The Hall–Kier alpha value is 0.0800. The average Bonchev–Trinajstić information content (AvgIpc) is 2.38. The molecule has 0 amide bonds. The number of morpholine rings is 1. The number of nitrogens with one attached hydrogen (secondary N) is 1. The molecule has 0 aromatic carbocycles. The number of hydrogen-bond donors (Lipinski definition) is 1. The zero-order valence-electron chi connectivity index (χ0n) is 11.3. The highest BCUT2D eigenvalue weighted by Gasteiger charge is 2.22. The number of carbonyl (C=O) groups is 1. The molecule has 5 nitrogen and oxygen atoms in total. The second-order valence-electron chi connectivity index (χ2n) is 4.73. The molecule has 6 heteroatoms. The molecule has 1 aliphatic heterocycles. The van der Waals surface area contributed by atoms with Crippen LogP contribution in [0.4, 0.5) is 0 Å². The van der Waals surface area contributed by atoms with Crippen LogP contribution in [0.5, 0.6) is 0 Å². The van der Waals surface area contributed by atoms with Gasteiger partial charge in [-0.05, 0) is 13.8 Å². The summed E-state index contributed by atoms with van der Waals surface area (Å²) in [4.78, 5) is 13.6. The summed E-state index contributed by atoms with van der Waals surface area (Å²) in [6.07, 6.45) is 0.211. The smallest absolute Gasteiger partial charge is 0.319 e. The van der Waals surface area contributed by atoms with Gasteiger partial charge in [0, 0.05) is 32.2 Å². The lowest BCUT2D eigenvalue weighted by atomic mass is 10.2. The molecule has 0 bridgehead atoms. The highest BCUT2D eigenvalue weighted by molar-refractivity contribution is 14.1. The second kappa shape index (κ2) is 8.29. The maximum absolute atomic E-state index is 11.2. The Bertz CT molecular complexity index is 264. The predicted molar refractivity (Wildman–Crippen MR) is 79.1 cm³/mol. The summed E-state index contributed by atoms with van der Waals surface area (Å²) in [6.45, 7) is 8.55. The molecule has 106 valence electrons. The SMILES string of the molecule is COC(=O)C(I)CNCC1CN(C(C)C)CCO1. The fourth-order valence-electron chi connectivity index (χ4n) is 1.92. The van der Waals surface area contributed by atoms with E-state index in [4.69, 9.17) is 4.74 Å². The highest BCUT2D eigenvalue weighted by Crippen LogP contribution is 2.08. The Kier molecular flexibility index (Phi) is 7.43. The largest absolute Gasteiger partial charge is 0.468 e. The minimum atomic E-state index is -0.184. The first kappa shape index (κ1) is 16.1. The summed E-state index contributed by atoms with van der Waals surface area (Å²) in [7, 11) is 1.42. The van der Waals surface area contributed by atoms with Gasteiger partial charge < -0.3 is 14.8 Å². The first-order valence-corrected chi connectivity index (χ1v) is 7.57. The monoisotopic (exact) mass is 370 g/mol. The van der Waals surface area contributed by atoms with Crippen molar-refractivity contribution >= 4 is 28.6 Å². The number of methoxy groups -OCH3 is 1. The normalized spacial score (nSPS) is 23.1. The lowest BCUT2D eigenvalue weighted by Gasteiger charge is -2.35. The highest BCUT2D eigenvalue weighted by atomic mass is 127. The number of nitrogens with zero attached hydrogens (tertiary/aromatic N) is 1. The summed E-state index contributed by atoms with van der Waals surface area (Å²) in [6, 6.07) is 0.559. The first-order valence-electron chi connectivity index (χ1n) is 6.32. The maximum atomic E-state index is 11.2. The van der Waals surface area contributed by atoms with Crippen LogP contribution in [0.15, 0.2) is 0 Å². The van der Waals surface area contributed by atoms with Crippen molar-refractivity contribution < 1.29 is 14.3 Å². The van der Waals surface area contributed by atoms with E-state index in [0.29, 0.717) is 12.6 Å². The van der Waals surface area contributed by atoms with Gasteiger partial charge in [-0.15, -0.1) is 0 Å². The predicted octanol–water partition coefficient (Wildman–Crippen LogP) is 0.662. The van der Waals surface area contributed by atoms with E-state index in [1.807, 2.05) is 0 Å². The fourth-order valence-corrected chi connectivity index (χ4v) is 2.48. The van der Waals surface area contributed by atoms with Gasteiger partial charge >= 0.3 is 5.97 Å². The van der Waals surface area contributed by atoms with Crippen LogP contribution < -0.4 is 5.32 Å². The molecule has 0 spiro atoms. The van der Waals surface area contributed by atoms with Crippen LogP contribution in [-0.4, -0.2) is 66.8 Å². The molecule has 1 rings (SSSR count). The number of esters is 1. The minimum Gasteiger partial charge on any atom is -0.468 e. The van der Waals surface area contributed by atoms with Crippen LogP contribution in [0.25, 0.3) is 0 Å². The van der Waals surface area contributed by atoms with Crippen molar-refractivity contribution in [3.63, 3.8) is 0 Å². The molecule has 1 saturated heterocycles. The topological polar surface area (TPSA) is 50.8 Å². The molecular weight excluding hydrogens is 347 g/mol. The van der Waals surface area contributed by atoms with E-state index in [1.165, 1.54) is 7.11 Å². The van der Waals surface area contributed by atoms with Gasteiger partial charge in [0.2, 0.25) is 0 Å². The van der Waals surface area contributed by atoms with Crippen molar-refractivity contribution in [2.24, 2.45) is 0 Å². The van der Waals surface area contributed by atoms with E-state index < -0.39 is 0 Å². The molecule has 0 saturated carbocycles. The third kappa shape index (κ3) is 5.38. The van der Waals surface area contributed by atoms with Gasteiger partial charge in [0.05, 0.1) is 19.8 Å². The van der Waals surface area contributed by atoms with Gasteiger partial charge in [0.25, 0.3) is 0 Å². The number of carbonyl (C=O) groups excluding carboxylic acids is 1. The van der Waals surface area contributed by atoms with Crippen LogP contribution in [0.2, 0.25) is 0 Å². The quantitative estimate of drug-likeness (QED) is 0.423. The molecule has 1 aliphatic rings. The minimum absolute atomic E-state index is 0.141. The van der Waals surface area contributed by atoms with Crippen LogP contribution >= 0.6 is 22.6 Å². The standard InChI is InChI=1S/C12H23IN2O3/c1-9(2)15-4-5-18-10(8-15)6-14-7-11(13)12(16)17-3/h9-11,14H,4-8H2,1-3H3. The van der Waals surface area contributed by atoms with Crippen molar-refractivity contribution in [2.75, 3.05) is 39.9 Å². The molecule has 0 aromatic rings. The van der Waals surface area contributed by atoms with Gasteiger partial charge in [0.1, 0.15) is 3.92 Å². The molecule has 2 atom stereocenters. The van der Waals surface area contributed by atoms with Crippen molar-refractivity contribution in [1.82, 2.24) is 10.2 Å². The van der Waals surface area contributed by atoms with E-state index in [9.17, 15) is 4.79 Å². The van der Waals surface area contributed by atoms with Gasteiger partial charge in [-0.2, -0.15) is 0 Å². The summed E-state index contributed by atoms with van der Waals surface area (Å²) in [5, 5.41) is 3.27. The van der Waals surface area contributed by atoms with Crippen molar-refractivity contribution in [3.05, 3.63) is 0 Å². The van der Waals surface area contributed by atoms with Gasteiger partial charge in [-0.1, -0.05) is 22.6 Å². The van der Waals surface area contributed by atoms with Crippen LogP contribution in [0.3, 0.4) is 0 Å². The maximum Gasteiger partial charge on any atom is 0.319 e. The van der Waals surface area contributed by atoms with Gasteiger partial charge in [0.15, 0.2) is 0 Å². The Morgan fingerprint density at radius 3 is 2.94 bits per heavy atom. The molecule has 1 fully saturated rings. The molecule has 1 N–H and O–H groups in total. The molecule has 0 radical (unpaired) electrons. The van der Waals surface area contributed by atoms with E-state index in [-0.39, 0.29) is 16.0 Å². The summed E-state index contributed by atoms with van der Waals surface area (Å²) < 4.78 is 10.2. The summed E-state index contributed by atoms with van der Waals surface area (Å²) >= 11 is 2.09. The van der Waals surface area contributed by atoms with Crippen LogP contribution in [0.1, 0.15) is 13.8 Å². The zero-order chi connectivity index (χ0) is 13.5. The van der Waals surface area contributed by atoms with Gasteiger partial charge in [-0.3, -0.25) is 9.69 Å². The van der Waals surface area contributed by atoms with Crippen molar-refractivity contribution in [1.29, 1.82) is 0 Å². The van der Waals surface area contributed by atoms with E-state index in [0.717, 1.165) is 26.2 Å². The number of halogens is 1. The van der Waals surface area contributed by atoms with Crippen molar-refractivity contribution in [2.45, 2.75) is 29.9 Å². The molecule has 1 heterocycles. The Labute approximate surface area is 123 Å². The third-order valence-electron chi connectivity index (χ3n) is 3.05. The lowest BCUT2D eigenvalue weighted by molar-refractivity contribution is -0.139. The average molecular weight is 370 g/mol. The van der Waals surface area contributed by atoms with Crippen LogP contribution in [0, 0.1) is 0 Å². The number of ether oxygens (including phenoxy) is 2. The van der Waals surface area contributed by atoms with E-state index >= 15 is 0 Å². The number of hydrogen-bond acceptors (Lipinski definition) is 5. The Balaban J connectivity index is 2.21. The number of rotatable bonds is 6. The lowest BCUT2D eigenvalue weighted by Crippen LogP contribution is -2.49. The van der Waals surface area contributed by atoms with E-state index in [2.05, 4.69) is 51.4 Å². The van der Waals surface area contributed by atoms with Crippen LogP contribution in [-0.2, 0) is 14.3 Å². The molecule has 18 heavy (non-hydrogen) atoms. The first-order chi connectivity index (χ1) is 8.54. The fraction of sp³-hybridized carbons (Fsp3) is 0.917. The molecule has 2 unspecified atom stereocenters. The third-order valence-corrected chi connectivity index (χ3v) is 4.00. The summed E-state index contributed by atoms with van der Waals surface area (Å²) in [5.41, 5.74) is 0. The Morgan fingerprint density at radius 2 is 2.33 bits per heavy atom. The van der Waals surface area contributed by atoms with E-state index in [1.54, 1.807) is 0 Å². The molecular formula is C12H23IN2O3. The summed E-state index contributed by atoms with van der Waals surface area (Å²) in [5.74, 6) is -0.184. The van der Waals surface area contributed by atoms with Gasteiger partial charge in [-0.25, -0.2) is 0 Å².